The quantitative estimate of drug-likeness (QED) is 0.115. The second-order valence-corrected chi connectivity index (χ2v) is 15.1. The number of carboxylic acids is 1. The van der Waals surface area contributed by atoms with Crippen LogP contribution in [-0.4, -0.2) is 76.2 Å². The summed E-state index contributed by atoms with van der Waals surface area (Å²) in [5.41, 5.74) is 10.1. The molecule has 1 amide bonds. The fourth-order valence-corrected chi connectivity index (χ4v) is 6.22. The van der Waals surface area contributed by atoms with Gasteiger partial charge in [0.05, 0.1) is 34.5 Å². The van der Waals surface area contributed by atoms with Crippen molar-refractivity contribution in [3.63, 3.8) is 0 Å². The molecule has 58 heavy (non-hydrogen) atoms. The van der Waals surface area contributed by atoms with E-state index in [9.17, 15) is 4.79 Å². The minimum Gasteiger partial charge on any atom is -0.481 e. The van der Waals surface area contributed by atoms with E-state index in [0.29, 0.717) is 28.6 Å². The predicted molar refractivity (Wildman–Crippen MR) is 229 cm³/mol. The van der Waals surface area contributed by atoms with Crippen molar-refractivity contribution in [1.82, 2.24) is 25.3 Å². The molecule has 4 aromatic carbocycles. The van der Waals surface area contributed by atoms with Crippen LogP contribution >= 0.6 is 0 Å². The molecule has 14 nitrogen and oxygen atoms in total. The molecule has 0 unspecified atom stereocenters. The van der Waals surface area contributed by atoms with Crippen molar-refractivity contribution in [2.24, 2.45) is 5.41 Å². The number of piperidine rings is 1. The number of fused-ring (bicyclic) bond motifs is 2. The first-order chi connectivity index (χ1) is 27.9. The number of nitrogens with one attached hydrogen (secondary N) is 2. The number of rotatable bonds is 7. The topological polar surface area (TPSA) is 181 Å². The number of ether oxygens (including phenoxy) is 2. The number of hydrogen-bond acceptors (Lipinski definition) is 12. The molecule has 5 N–H and O–H groups in total. The summed E-state index contributed by atoms with van der Waals surface area (Å²) >= 11 is 0. The first-order valence-electron chi connectivity index (χ1n) is 19.5. The first-order valence-corrected chi connectivity index (χ1v) is 19.5. The molecule has 2 saturated heterocycles. The average molecular weight is 786 g/mol. The number of carboxylic acid groups (broad SMARTS) is 1. The highest BCUT2D eigenvalue weighted by Gasteiger charge is 2.21. The van der Waals surface area contributed by atoms with Crippen molar-refractivity contribution in [2.45, 2.75) is 47.0 Å². The minimum atomic E-state index is -0.833. The highest BCUT2D eigenvalue weighted by molar-refractivity contribution is 5.94. The van der Waals surface area contributed by atoms with Gasteiger partial charge in [0.2, 0.25) is 5.91 Å². The smallest absolute Gasteiger partial charge is 0.300 e. The molecule has 6 aromatic rings. The van der Waals surface area contributed by atoms with Crippen LogP contribution in [0.4, 0.5) is 23.0 Å². The van der Waals surface area contributed by atoms with Gasteiger partial charge in [-0.15, -0.1) is 0 Å². The predicted octanol–water partition coefficient (Wildman–Crippen LogP) is 7.90. The molecular weight excluding hydrogens is 735 g/mol. The number of nitrogen functional groups attached to an aromatic ring is 1. The number of aromatic nitrogens is 4. The minimum absolute atomic E-state index is 0.0362. The Morgan fingerprint density at radius 1 is 0.690 bits per heavy atom. The standard InChI is InChI=1S/C24H28N4O2.C18H19N5O.C2H4O2/c1-24(2,3)23(29)26-17-8-7-9-18(14-17)30-19-10-11-20-21(15-19)27-22(16-25-20)28-12-5-4-6-13-28;19-13-2-1-3-14(10-13)24-15-4-5-16-17(11-15)22-18(12-21-16)23-8-6-20-7-9-23;1-2(3)4/h7-11,14-16H,4-6,12-13H2,1-3H3,(H,26,29);1-5,10-12,20H,6-9,19H2;1H3,(H,3,4). The van der Waals surface area contributed by atoms with Crippen LogP contribution in [0.15, 0.2) is 97.3 Å². The Morgan fingerprint density at radius 3 is 1.72 bits per heavy atom. The van der Waals surface area contributed by atoms with Gasteiger partial charge in [-0.25, -0.2) is 9.97 Å². The molecule has 0 aliphatic carbocycles. The van der Waals surface area contributed by atoms with Gasteiger partial charge < -0.3 is 40.7 Å². The summed E-state index contributed by atoms with van der Waals surface area (Å²) in [4.78, 5) is 44.4. The van der Waals surface area contributed by atoms with Gasteiger partial charge in [-0.05, 0) is 67.8 Å². The van der Waals surface area contributed by atoms with Crippen molar-refractivity contribution in [3.05, 3.63) is 97.3 Å². The molecule has 0 radical (unpaired) electrons. The monoisotopic (exact) mass is 785 g/mol. The first kappa shape index (κ1) is 41.1. The fourth-order valence-electron chi connectivity index (χ4n) is 6.22. The maximum atomic E-state index is 12.2. The molecular formula is C44H51N9O5. The summed E-state index contributed by atoms with van der Waals surface area (Å²) in [6.07, 6.45) is 7.38. The lowest BCUT2D eigenvalue weighted by Gasteiger charge is -2.28. The van der Waals surface area contributed by atoms with Crippen LogP contribution in [-0.2, 0) is 9.59 Å². The van der Waals surface area contributed by atoms with E-state index in [4.69, 9.17) is 35.1 Å². The van der Waals surface area contributed by atoms with Gasteiger partial charge in [-0.3, -0.25) is 19.6 Å². The Labute approximate surface area is 338 Å². The number of hydrogen-bond donors (Lipinski definition) is 4. The second-order valence-electron chi connectivity index (χ2n) is 15.1. The van der Waals surface area contributed by atoms with E-state index in [1.54, 1.807) is 6.07 Å². The van der Waals surface area contributed by atoms with Gasteiger partial charge in [-0.2, -0.15) is 0 Å². The number of piperazine rings is 1. The maximum absolute atomic E-state index is 12.2. The third-order valence-corrected chi connectivity index (χ3v) is 9.23. The Balaban J connectivity index is 0.000000183. The van der Waals surface area contributed by atoms with Crippen molar-refractivity contribution >= 4 is 57.0 Å². The fraction of sp³-hybridized carbons (Fsp3) is 0.318. The highest BCUT2D eigenvalue weighted by Crippen LogP contribution is 2.29. The number of nitrogens with zero attached hydrogens (tertiary/aromatic N) is 6. The van der Waals surface area contributed by atoms with Crippen LogP contribution in [0, 0.1) is 5.41 Å². The molecule has 14 heteroatoms. The maximum Gasteiger partial charge on any atom is 0.300 e. The number of benzene rings is 4. The SMILES string of the molecule is CC(=O)O.CC(C)(C)C(=O)Nc1cccc(Oc2ccc3ncc(N4CCCCC4)nc3c2)c1.Nc1cccc(Oc2ccc3ncc(N4CCNCC4)nc3c2)c1. The molecule has 2 aromatic heterocycles. The lowest BCUT2D eigenvalue weighted by atomic mass is 9.95. The number of amides is 1. The molecule has 8 rings (SSSR count). The van der Waals surface area contributed by atoms with Crippen LogP contribution in [0.2, 0.25) is 0 Å². The summed E-state index contributed by atoms with van der Waals surface area (Å²) in [6.45, 7) is 12.6. The summed E-state index contributed by atoms with van der Waals surface area (Å²) in [5, 5.41) is 13.7. The second kappa shape index (κ2) is 19.1. The highest BCUT2D eigenvalue weighted by atomic mass is 16.5. The van der Waals surface area contributed by atoms with Gasteiger partial charge in [0.1, 0.15) is 34.6 Å². The number of nitrogens with two attached hydrogens (primary N) is 1. The normalized spacial score (nSPS) is 14.1. The molecule has 302 valence electrons. The van der Waals surface area contributed by atoms with Crippen molar-refractivity contribution in [1.29, 1.82) is 0 Å². The number of carbonyl (C=O) groups is 2. The van der Waals surface area contributed by atoms with E-state index in [1.165, 1.54) is 19.3 Å². The van der Waals surface area contributed by atoms with Gasteiger partial charge >= 0.3 is 0 Å². The molecule has 2 aliphatic rings. The van der Waals surface area contributed by atoms with Crippen LogP contribution in [0.25, 0.3) is 22.1 Å². The van der Waals surface area contributed by atoms with Crippen molar-refractivity contribution < 1.29 is 24.2 Å². The average Bonchev–Trinajstić information content (AvgIpc) is 3.21. The molecule has 2 aliphatic heterocycles. The summed E-state index contributed by atoms with van der Waals surface area (Å²) < 4.78 is 11.9. The number of anilines is 4. The molecule has 4 heterocycles. The largest absolute Gasteiger partial charge is 0.481 e. The Bertz CT molecular complexity index is 2330. The van der Waals surface area contributed by atoms with Crippen LogP contribution in [0.1, 0.15) is 47.0 Å². The molecule has 0 saturated carbocycles. The molecule has 0 bridgehead atoms. The zero-order chi connectivity index (χ0) is 41.1. The number of aliphatic carboxylic acids is 1. The van der Waals surface area contributed by atoms with Gasteiger partial charge in [0.15, 0.2) is 0 Å². The Morgan fingerprint density at radius 2 is 1.19 bits per heavy atom. The van der Waals surface area contributed by atoms with Crippen LogP contribution < -0.4 is 35.6 Å². The number of carbonyl (C=O) groups excluding carboxylic acids is 1. The third-order valence-electron chi connectivity index (χ3n) is 9.23. The van der Waals surface area contributed by atoms with Crippen LogP contribution in [0.3, 0.4) is 0 Å². The lowest BCUT2D eigenvalue weighted by molar-refractivity contribution is -0.134. The molecule has 0 atom stereocenters. The van der Waals surface area contributed by atoms with E-state index in [2.05, 4.69) is 30.4 Å². The zero-order valence-corrected chi connectivity index (χ0v) is 33.4. The van der Waals surface area contributed by atoms with E-state index in [0.717, 1.165) is 85.6 Å². The van der Waals surface area contributed by atoms with Crippen molar-refractivity contribution in [3.8, 4) is 23.0 Å². The van der Waals surface area contributed by atoms with E-state index in [-0.39, 0.29) is 5.91 Å². The van der Waals surface area contributed by atoms with Crippen LogP contribution in [0.5, 0.6) is 23.0 Å². The lowest BCUT2D eigenvalue weighted by Crippen LogP contribution is -2.43. The van der Waals surface area contributed by atoms with Gasteiger partial charge in [0, 0.05) is 87.2 Å². The van der Waals surface area contributed by atoms with Crippen molar-refractivity contribution in [2.75, 3.05) is 60.1 Å². The molecule has 2 fully saturated rings. The van der Waals surface area contributed by atoms with Gasteiger partial charge in [-0.1, -0.05) is 32.9 Å². The molecule has 0 spiro atoms. The third kappa shape index (κ3) is 11.7. The summed E-state index contributed by atoms with van der Waals surface area (Å²) in [6, 6.07) is 26.2. The Hall–Kier alpha value is -6.54. The summed E-state index contributed by atoms with van der Waals surface area (Å²) in [7, 11) is 0. The van der Waals surface area contributed by atoms with E-state index in [1.807, 2.05) is 112 Å². The van der Waals surface area contributed by atoms with E-state index >= 15 is 0 Å². The van der Waals surface area contributed by atoms with Gasteiger partial charge in [0.25, 0.3) is 5.97 Å². The Kier molecular flexibility index (Phi) is 13.5. The zero-order valence-electron chi connectivity index (χ0n) is 33.4. The van der Waals surface area contributed by atoms with E-state index < -0.39 is 11.4 Å². The summed E-state index contributed by atoms with van der Waals surface area (Å²) in [5.74, 6) is 3.73.